The van der Waals surface area contributed by atoms with Gasteiger partial charge in [0.1, 0.15) is 5.75 Å². The van der Waals surface area contributed by atoms with Crippen LogP contribution in [0.5, 0.6) is 5.75 Å². The molecule has 0 heterocycles. The predicted molar refractivity (Wildman–Crippen MR) is 79.1 cm³/mol. The van der Waals surface area contributed by atoms with Crippen LogP contribution < -0.4 is 4.74 Å². The topological polar surface area (TPSA) is 9.23 Å². The molecule has 0 aliphatic rings. The van der Waals surface area contributed by atoms with E-state index in [9.17, 15) is 0 Å². The van der Waals surface area contributed by atoms with Gasteiger partial charge in [-0.1, -0.05) is 54.9 Å². The molecule has 0 aliphatic carbocycles. The molecule has 94 valence electrons. The Morgan fingerprint density at radius 1 is 1.29 bits per heavy atom. The molecular formula is C15H21BrO. The maximum atomic E-state index is 5.42. The summed E-state index contributed by atoms with van der Waals surface area (Å²) in [5.41, 5.74) is 2.59. The molecule has 0 bridgehead atoms. The second kappa shape index (κ2) is 6.25. The highest BCUT2D eigenvalue weighted by Crippen LogP contribution is 2.32. The third-order valence-electron chi connectivity index (χ3n) is 2.62. The molecule has 0 fully saturated rings. The van der Waals surface area contributed by atoms with Crippen molar-refractivity contribution in [2.24, 2.45) is 0 Å². The largest absolute Gasteiger partial charge is 0.496 e. The Hall–Kier alpha value is -0.760. The SMILES string of the molecule is COc1ccc(/C=C/CCBr)cc1C(C)(C)C. The van der Waals surface area contributed by atoms with Gasteiger partial charge in [-0.15, -0.1) is 0 Å². The summed E-state index contributed by atoms with van der Waals surface area (Å²) >= 11 is 3.42. The van der Waals surface area contributed by atoms with Gasteiger partial charge in [-0.25, -0.2) is 0 Å². The zero-order valence-corrected chi connectivity index (χ0v) is 12.7. The van der Waals surface area contributed by atoms with Crippen LogP contribution in [0, 0.1) is 0 Å². The number of hydrogen-bond donors (Lipinski definition) is 0. The maximum absolute atomic E-state index is 5.42. The summed E-state index contributed by atoms with van der Waals surface area (Å²) in [5.74, 6) is 0.968. The summed E-state index contributed by atoms with van der Waals surface area (Å²) in [5, 5.41) is 1.01. The monoisotopic (exact) mass is 296 g/mol. The van der Waals surface area contributed by atoms with Crippen molar-refractivity contribution in [2.75, 3.05) is 12.4 Å². The summed E-state index contributed by atoms with van der Waals surface area (Å²) in [6.07, 6.45) is 5.40. The van der Waals surface area contributed by atoms with Crippen LogP contribution in [0.15, 0.2) is 24.3 Å². The molecule has 0 saturated carbocycles. The summed E-state index contributed by atoms with van der Waals surface area (Å²) in [6.45, 7) is 6.62. The molecule has 17 heavy (non-hydrogen) atoms. The smallest absolute Gasteiger partial charge is 0.122 e. The van der Waals surface area contributed by atoms with Crippen molar-refractivity contribution in [1.29, 1.82) is 0 Å². The van der Waals surface area contributed by atoms with Gasteiger partial charge in [0.25, 0.3) is 0 Å². The molecule has 1 aromatic carbocycles. The predicted octanol–water partition coefficient (Wildman–Crippen LogP) is 4.79. The Balaban J connectivity index is 3.05. The first-order valence-electron chi connectivity index (χ1n) is 5.90. The van der Waals surface area contributed by atoms with E-state index >= 15 is 0 Å². The Morgan fingerprint density at radius 3 is 2.53 bits per heavy atom. The summed E-state index contributed by atoms with van der Waals surface area (Å²) in [7, 11) is 1.73. The van der Waals surface area contributed by atoms with Gasteiger partial charge >= 0.3 is 0 Å². The van der Waals surface area contributed by atoms with Crippen molar-refractivity contribution in [3.63, 3.8) is 0 Å². The van der Waals surface area contributed by atoms with Gasteiger partial charge in [0.05, 0.1) is 7.11 Å². The fourth-order valence-corrected chi connectivity index (χ4v) is 1.96. The average Bonchev–Trinajstić information content (AvgIpc) is 2.28. The van der Waals surface area contributed by atoms with Crippen molar-refractivity contribution >= 4 is 22.0 Å². The van der Waals surface area contributed by atoms with Crippen molar-refractivity contribution in [1.82, 2.24) is 0 Å². The van der Waals surface area contributed by atoms with E-state index in [1.54, 1.807) is 7.11 Å². The van der Waals surface area contributed by atoms with Crippen LogP contribution in [0.4, 0.5) is 0 Å². The third kappa shape index (κ3) is 4.19. The van der Waals surface area contributed by atoms with Gasteiger partial charge < -0.3 is 4.74 Å². The van der Waals surface area contributed by atoms with Crippen LogP contribution in [0.3, 0.4) is 0 Å². The van der Waals surface area contributed by atoms with Crippen LogP contribution in [0.25, 0.3) is 6.08 Å². The molecule has 0 aliphatic heterocycles. The number of rotatable bonds is 4. The zero-order chi connectivity index (χ0) is 12.9. The molecule has 0 radical (unpaired) electrons. The Bertz CT molecular complexity index is 388. The van der Waals surface area contributed by atoms with Gasteiger partial charge in [-0.3, -0.25) is 0 Å². The van der Waals surface area contributed by atoms with E-state index in [1.807, 2.05) is 6.07 Å². The highest BCUT2D eigenvalue weighted by Gasteiger charge is 2.18. The van der Waals surface area contributed by atoms with Crippen molar-refractivity contribution < 1.29 is 4.74 Å². The number of benzene rings is 1. The molecule has 0 spiro atoms. The lowest BCUT2D eigenvalue weighted by molar-refractivity contribution is 0.397. The van der Waals surface area contributed by atoms with E-state index in [0.717, 1.165) is 17.5 Å². The van der Waals surface area contributed by atoms with Crippen molar-refractivity contribution in [2.45, 2.75) is 32.6 Å². The molecule has 0 saturated heterocycles. The second-order valence-electron chi connectivity index (χ2n) is 5.09. The summed E-state index contributed by atoms with van der Waals surface area (Å²) in [6, 6.07) is 6.36. The van der Waals surface area contributed by atoms with Crippen LogP contribution in [0.2, 0.25) is 0 Å². The van der Waals surface area contributed by atoms with E-state index in [-0.39, 0.29) is 5.41 Å². The minimum absolute atomic E-state index is 0.102. The van der Waals surface area contributed by atoms with Crippen molar-refractivity contribution in [3.05, 3.63) is 35.4 Å². The lowest BCUT2D eigenvalue weighted by Gasteiger charge is -2.22. The molecule has 1 aromatic rings. The summed E-state index contributed by atoms with van der Waals surface area (Å²) in [4.78, 5) is 0. The minimum Gasteiger partial charge on any atom is -0.496 e. The van der Waals surface area contributed by atoms with Gasteiger partial charge in [0.15, 0.2) is 0 Å². The average molecular weight is 297 g/mol. The van der Waals surface area contributed by atoms with Crippen molar-refractivity contribution in [3.8, 4) is 5.75 Å². The number of alkyl halides is 1. The summed E-state index contributed by atoms with van der Waals surface area (Å²) < 4.78 is 5.42. The number of halogens is 1. The second-order valence-corrected chi connectivity index (χ2v) is 5.88. The Morgan fingerprint density at radius 2 is 2.00 bits per heavy atom. The first-order valence-corrected chi connectivity index (χ1v) is 7.02. The standard InChI is InChI=1S/C15H21BrO/c1-15(2,3)13-11-12(7-5-6-10-16)8-9-14(13)17-4/h5,7-9,11H,6,10H2,1-4H3/b7-5+. The maximum Gasteiger partial charge on any atom is 0.122 e. The molecule has 0 atom stereocenters. The lowest BCUT2D eigenvalue weighted by Crippen LogP contribution is -2.12. The molecule has 0 aromatic heterocycles. The quantitative estimate of drug-likeness (QED) is 0.726. The van der Waals surface area contributed by atoms with Crippen LogP contribution in [-0.4, -0.2) is 12.4 Å². The van der Waals surface area contributed by atoms with Gasteiger partial charge in [0.2, 0.25) is 0 Å². The normalized spacial score (nSPS) is 12.1. The lowest BCUT2D eigenvalue weighted by atomic mass is 9.85. The molecule has 0 N–H and O–H groups in total. The molecule has 1 nitrogen and oxygen atoms in total. The highest BCUT2D eigenvalue weighted by atomic mass is 79.9. The molecule has 2 heteroatoms. The van der Waals surface area contributed by atoms with Gasteiger partial charge in [-0.2, -0.15) is 0 Å². The Kier molecular flexibility index (Phi) is 5.26. The van der Waals surface area contributed by atoms with E-state index in [0.29, 0.717) is 0 Å². The number of ether oxygens (including phenoxy) is 1. The van der Waals surface area contributed by atoms with E-state index in [4.69, 9.17) is 4.74 Å². The van der Waals surface area contributed by atoms with Crippen LogP contribution in [-0.2, 0) is 5.41 Å². The van der Waals surface area contributed by atoms with E-state index < -0.39 is 0 Å². The molecular weight excluding hydrogens is 276 g/mol. The highest BCUT2D eigenvalue weighted by molar-refractivity contribution is 9.09. The van der Waals surface area contributed by atoms with Gasteiger partial charge in [0, 0.05) is 10.9 Å². The van der Waals surface area contributed by atoms with E-state index in [2.05, 4.69) is 61.0 Å². The molecule has 0 unspecified atom stereocenters. The van der Waals surface area contributed by atoms with Gasteiger partial charge in [-0.05, 0) is 29.5 Å². The van der Waals surface area contributed by atoms with Crippen LogP contribution in [0.1, 0.15) is 38.3 Å². The minimum atomic E-state index is 0.102. The van der Waals surface area contributed by atoms with Crippen LogP contribution >= 0.6 is 15.9 Å². The number of hydrogen-bond acceptors (Lipinski definition) is 1. The molecule has 1 rings (SSSR count). The first-order chi connectivity index (χ1) is 7.99. The first kappa shape index (κ1) is 14.3. The fraction of sp³-hybridized carbons (Fsp3) is 0.467. The number of allylic oxidation sites excluding steroid dienone is 1. The number of methoxy groups -OCH3 is 1. The third-order valence-corrected chi connectivity index (χ3v) is 3.08. The zero-order valence-electron chi connectivity index (χ0n) is 11.1. The molecule has 0 amide bonds. The van der Waals surface area contributed by atoms with E-state index in [1.165, 1.54) is 11.1 Å². The fourth-order valence-electron chi connectivity index (χ4n) is 1.70. The Labute approximate surface area is 113 Å².